The quantitative estimate of drug-likeness (QED) is 0.831. The van der Waals surface area contributed by atoms with Crippen molar-refractivity contribution in [3.8, 4) is 0 Å². The molecule has 136 valence electrons. The summed E-state index contributed by atoms with van der Waals surface area (Å²) >= 11 is 0. The van der Waals surface area contributed by atoms with Gasteiger partial charge in [0.05, 0.1) is 0 Å². The van der Waals surface area contributed by atoms with Gasteiger partial charge in [-0.05, 0) is 24.5 Å². The van der Waals surface area contributed by atoms with Crippen LogP contribution in [0.3, 0.4) is 0 Å². The standard InChI is InChI=1S/C20H24N4O2/c25-20-24(17(14-26-20)15-8-4-3-5-9-15)18-12-13-21-19(23-18)22-16-10-6-1-2-7-11-16/h3-5,8-9,12-13,16-17H,1-2,6-7,10-11,14H2,(H,21,22,23)/t17-/m1/s1. The highest BCUT2D eigenvalue weighted by molar-refractivity contribution is 5.89. The van der Waals surface area contributed by atoms with Gasteiger partial charge < -0.3 is 10.1 Å². The number of ether oxygens (including phenoxy) is 1. The van der Waals surface area contributed by atoms with Crippen LogP contribution < -0.4 is 10.2 Å². The molecule has 1 aliphatic heterocycles. The SMILES string of the molecule is O=C1OC[C@H](c2ccccc2)N1c1ccnc(NC2CCCCCC2)n1. The molecule has 2 aliphatic rings. The van der Waals surface area contributed by atoms with E-state index in [4.69, 9.17) is 4.74 Å². The van der Waals surface area contributed by atoms with Gasteiger partial charge >= 0.3 is 6.09 Å². The van der Waals surface area contributed by atoms with E-state index in [1.165, 1.54) is 25.7 Å². The summed E-state index contributed by atoms with van der Waals surface area (Å²) in [4.78, 5) is 22.9. The summed E-state index contributed by atoms with van der Waals surface area (Å²) in [6, 6.07) is 11.9. The molecule has 1 saturated carbocycles. The summed E-state index contributed by atoms with van der Waals surface area (Å²) in [6.07, 6.45) is 8.72. The molecule has 1 saturated heterocycles. The largest absolute Gasteiger partial charge is 0.447 e. The van der Waals surface area contributed by atoms with E-state index in [9.17, 15) is 4.79 Å². The maximum Gasteiger partial charge on any atom is 0.416 e. The van der Waals surface area contributed by atoms with Crippen molar-refractivity contribution in [3.05, 3.63) is 48.2 Å². The first kappa shape index (κ1) is 16.8. The molecule has 1 aromatic heterocycles. The van der Waals surface area contributed by atoms with E-state index >= 15 is 0 Å². The van der Waals surface area contributed by atoms with Crippen molar-refractivity contribution in [2.24, 2.45) is 0 Å². The highest BCUT2D eigenvalue weighted by atomic mass is 16.6. The molecule has 0 radical (unpaired) electrons. The van der Waals surface area contributed by atoms with Gasteiger partial charge in [0.1, 0.15) is 18.5 Å². The second kappa shape index (κ2) is 7.72. The third kappa shape index (κ3) is 3.64. The topological polar surface area (TPSA) is 67.3 Å². The lowest BCUT2D eigenvalue weighted by molar-refractivity contribution is 0.179. The van der Waals surface area contributed by atoms with Crippen LogP contribution in [0.5, 0.6) is 0 Å². The van der Waals surface area contributed by atoms with E-state index in [-0.39, 0.29) is 12.1 Å². The van der Waals surface area contributed by atoms with Gasteiger partial charge in [0.2, 0.25) is 5.95 Å². The minimum atomic E-state index is -0.363. The van der Waals surface area contributed by atoms with Crippen molar-refractivity contribution in [1.82, 2.24) is 9.97 Å². The summed E-state index contributed by atoms with van der Waals surface area (Å²) in [7, 11) is 0. The molecule has 4 rings (SSSR count). The Morgan fingerprint density at radius 2 is 1.81 bits per heavy atom. The zero-order chi connectivity index (χ0) is 17.8. The third-order valence-electron chi connectivity index (χ3n) is 5.13. The number of hydrogen-bond donors (Lipinski definition) is 1. The average Bonchev–Trinajstić information content (AvgIpc) is 2.88. The Labute approximate surface area is 153 Å². The Morgan fingerprint density at radius 1 is 1.04 bits per heavy atom. The number of carbonyl (C=O) groups excluding carboxylic acids is 1. The minimum absolute atomic E-state index is 0.163. The number of anilines is 2. The second-order valence-corrected chi connectivity index (χ2v) is 6.94. The number of amides is 1. The monoisotopic (exact) mass is 352 g/mol. The molecule has 2 fully saturated rings. The molecule has 0 bridgehead atoms. The van der Waals surface area contributed by atoms with E-state index in [0.717, 1.165) is 18.4 Å². The van der Waals surface area contributed by atoms with Crippen LogP contribution >= 0.6 is 0 Å². The summed E-state index contributed by atoms with van der Waals surface area (Å²) in [5.74, 6) is 1.16. The highest BCUT2D eigenvalue weighted by Crippen LogP contribution is 2.32. The predicted molar refractivity (Wildman–Crippen MR) is 100 cm³/mol. The molecule has 1 aromatic carbocycles. The molecule has 1 amide bonds. The minimum Gasteiger partial charge on any atom is -0.447 e. The lowest BCUT2D eigenvalue weighted by Crippen LogP contribution is -2.29. The lowest BCUT2D eigenvalue weighted by Gasteiger charge is -2.22. The lowest BCUT2D eigenvalue weighted by atomic mass is 10.1. The average molecular weight is 352 g/mol. The molecular weight excluding hydrogens is 328 g/mol. The van der Waals surface area contributed by atoms with Crippen molar-refractivity contribution in [1.29, 1.82) is 0 Å². The third-order valence-corrected chi connectivity index (χ3v) is 5.13. The number of benzene rings is 1. The van der Waals surface area contributed by atoms with Gasteiger partial charge in [-0.3, -0.25) is 4.90 Å². The van der Waals surface area contributed by atoms with E-state index in [1.807, 2.05) is 30.3 Å². The normalized spacial score (nSPS) is 21.3. The first-order valence-corrected chi connectivity index (χ1v) is 9.42. The van der Waals surface area contributed by atoms with Gasteiger partial charge in [-0.1, -0.05) is 56.0 Å². The molecule has 0 unspecified atom stereocenters. The van der Waals surface area contributed by atoms with Crippen molar-refractivity contribution >= 4 is 17.9 Å². The number of nitrogens with zero attached hydrogens (tertiary/aromatic N) is 3. The Bertz CT molecular complexity index is 744. The van der Waals surface area contributed by atoms with Crippen molar-refractivity contribution < 1.29 is 9.53 Å². The maximum absolute atomic E-state index is 12.3. The maximum atomic E-state index is 12.3. The summed E-state index contributed by atoms with van der Waals surface area (Å²) in [5.41, 5.74) is 1.04. The van der Waals surface area contributed by atoms with Gasteiger partial charge in [0.25, 0.3) is 0 Å². The van der Waals surface area contributed by atoms with Crippen LogP contribution in [0.4, 0.5) is 16.6 Å². The first-order chi connectivity index (χ1) is 12.8. The Balaban J connectivity index is 1.55. The van der Waals surface area contributed by atoms with Crippen molar-refractivity contribution in [3.63, 3.8) is 0 Å². The zero-order valence-corrected chi connectivity index (χ0v) is 14.8. The molecule has 1 aliphatic carbocycles. The number of nitrogens with one attached hydrogen (secondary N) is 1. The van der Waals surface area contributed by atoms with Crippen LogP contribution in [0.25, 0.3) is 0 Å². The number of aromatic nitrogens is 2. The Kier molecular flexibility index (Phi) is 5.00. The summed E-state index contributed by atoms with van der Waals surface area (Å²) < 4.78 is 5.30. The fourth-order valence-corrected chi connectivity index (χ4v) is 3.75. The number of hydrogen-bond acceptors (Lipinski definition) is 5. The van der Waals surface area contributed by atoms with Gasteiger partial charge in [0, 0.05) is 12.2 Å². The van der Waals surface area contributed by atoms with Crippen molar-refractivity contribution in [2.75, 3.05) is 16.8 Å². The first-order valence-electron chi connectivity index (χ1n) is 9.42. The molecule has 6 nitrogen and oxygen atoms in total. The summed E-state index contributed by atoms with van der Waals surface area (Å²) in [6.45, 7) is 0.332. The fraction of sp³-hybridized carbons (Fsp3) is 0.450. The van der Waals surface area contributed by atoms with Gasteiger partial charge in [-0.25, -0.2) is 9.78 Å². The molecular formula is C20H24N4O2. The highest BCUT2D eigenvalue weighted by Gasteiger charge is 2.36. The molecule has 2 aromatic rings. The molecule has 0 spiro atoms. The Morgan fingerprint density at radius 3 is 2.58 bits per heavy atom. The van der Waals surface area contributed by atoms with Crippen LogP contribution in [0.1, 0.15) is 50.1 Å². The van der Waals surface area contributed by atoms with Gasteiger partial charge in [-0.2, -0.15) is 4.98 Å². The Hall–Kier alpha value is -2.63. The van der Waals surface area contributed by atoms with E-state index in [1.54, 1.807) is 17.2 Å². The molecule has 2 heterocycles. The van der Waals surface area contributed by atoms with E-state index < -0.39 is 0 Å². The fourth-order valence-electron chi connectivity index (χ4n) is 3.75. The zero-order valence-electron chi connectivity index (χ0n) is 14.8. The number of rotatable bonds is 4. The summed E-state index contributed by atoms with van der Waals surface area (Å²) in [5, 5.41) is 3.45. The van der Waals surface area contributed by atoms with Crippen LogP contribution in [0, 0.1) is 0 Å². The second-order valence-electron chi connectivity index (χ2n) is 6.94. The number of cyclic esters (lactones) is 1. The van der Waals surface area contributed by atoms with Crippen LogP contribution in [0.2, 0.25) is 0 Å². The predicted octanol–water partition coefficient (Wildman–Crippen LogP) is 4.31. The van der Waals surface area contributed by atoms with Crippen LogP contribution in [-0.4, -0.2) is 28.7 Å². The van der Waals surface area contributed by atoms with E-state index in [0.29, 0.717) is 24.4 Å². The molecule has 1 atom stereocenters. The van der Waals surface area contributed by atoms with Crippen LogP contribution in [0.15, 0.2) is 42.6 Å². The molecule has 1 N–H and O–H groups in total. The van der Waals surface area contributed by atoms with Crippen LogP contribution in [-0.2, 0) is 4.74 Å². The smallest absolute Gasteiger partial charge is 0.416 e. The van der Waals surface area contributed by atoms with Crippen molar-refractivity contribution in [2.45, 2.75) is 50.6 Å². The van der Waals surface area contributed by atoms with E-state index in [2.05, 4.69) is 15.3 Å². The molecule has 6 heteroatoms. The van der Waals surface area contributed by atoms with Gasteiger partial charge in [0.15, 0.2) is 0 Å². The number of carbonyl (C=O) groups is 1. The van der Waals surface area contributed by atoms with Gasteiger partial charge in [-0.15, -0.1) is 0 Å². The molecule has 26 heavy (non-hydrogen) atoms.